The van der Waals surface area contributed by atoms with Gasteiger partial charge in [-0.2, -0.15) is 0 Å². The molecule has 3 rings (SSSR count). The molecule has 6 nitrogen and oxygen atoms in total. The van der Waals surface area contributed by atoms with Crippen LogP contribution in [-0.2, 0) is 19.1 Å². The summed E-state index contributed by atoms with van der Waals surface area (Å²) in [6.45, 7) is 17.3. The third-order valence-corrected chi connectivity index (χ3v) is 8.64. The maximum Gasteiger partial charge on any atom is 0.345 e. The highest BCUT2D eigenvalue weighted by Gasteiger charge is 2.46. The van der Waals surface area contributed by atoms with Crippen molar-refractivity contribution in [3.05, 3.63) is 41.5 Å². The van der Waals surface area contributed by atoms with E-state index in [0.29, 0.717) is 25.7 Å². The molecule has 0 aromatic heterocycles. The number of carbonyl (C=O) groups is 2. The molecule has 2 saturated heterocycles. The molecule has 36 heavy (non-hydrogen) atoms. The molecule has 1 aromatic rings. The zero-order chi connectivity index (χ0) is 27.1. The Kier molecular flexibility index (Phi) is 7.84. The summed E-state index contributed by atoms with van der Waals surface area (Å²) in [6, 6.07) is 9.39. The van der Waals surface area contributed by atoms with Crippen molar-refractivity contribution in [1.29, 1.82) is 0 Å². The van der Waals surface area contributed by atoms with E-state index in [0.717, 1.165) is 5.56 Å². The maximum absolute atomic E-state index is 13.5. The van der Waals surface area contributed by atoms with Gasteiger partial charge in [-0.3, -0.25) is 9.80 Å². The monoisotopic (exact) mass is 498 g/mol. The number of esters is 2. The van der Waals surface area contributed by atoms with E-state index in [4.69, 9.17) is 9.47 Å². The quantitative estimate of drug-likeness (QED) is 0.233. The van der Waals surface area contributed by atoms with Crippen molar-refractivity contribution < 1.29 is 19.1 Å². The summed E-state index contributed by atoms with van der Waals surface area (Å²) in [7, 11) is 4.22. The van der Waals surface area contributed by atoms with Crippen LogP contribution in [0.4, 0.5) is 0 Å². The van der Waals surface area contributed by atoms with Gasteiger partial charge in [0.2, 0.25) is 0 Å². The van der Waals surface area contributed by atoms with Crippen molar-refractivity contribution in [2.45, 2.75) is 115 Å². The summed E-state index contributed by atoms with van der Waals surface area (Å²) in [5.41, 5.74) is 0.160. The molecule has 0 spiro atoms. The third kappa shape index (κ3) is 6.20. The Labute approximate surface area is 218 Å². The minimum absolute atomic E-state index is 0.0507. The predicted molar refractivity (Wildman–Crippen MR) is 144 cm³/mol. The predicted octanol–water partition coefficient (Wildman–Crippen LogP) is 5.46. The number of carbonyl (C=O) groups excluding carboxylic acids is 2. The Morgan fingerprint density at radius 3 is 1.36 bits per heavy atom. The standard InChI is InChI=1S/C30H46N2O4/c1-27(2)17-22(18-28(3,4)31(27)9)35-25(33)24(16-21-14-12-11-13-15-21)26(34)36-23-19-29(5,6)32(10)30(7,8)20-23/h11-16,22-23H,17-20H2,1-10H3. The molecule has 0 bridgehead atoms. The molecule has 0 unspecified atom stereocenters. The fraction of sp³-hybridized carbons (Fsp3) is 0.667. The zero-order valence-electron chi connectivity index (χ0n) is 24.0. The number of rotatable bonds is 5. The second-order valence-electron chi connectivity index (χ2n) is 13.2. The molecule has 0 aliphatic carbocycles. The van der Waals surface area contributed by atoms with Crippen molar-refractivity contribution in [3.8, 4) is 0 Å². The Morgan fingerprint density at radius 2 is 1.03 bits per heavy atom. The van der Waals surface area contributed by atoms with Gasteiger partial charge in [-0.05, 0) is 81.1 Å². The highest BCUT2D eigenvalue weighted by molar-refractivity contribution is 6.17. The molecule has 1 aromatic carbocycles. The molecule has 0 saturated carbocycles. The van der Waals surface area contributed by atoms with Crippen LogP contribution < -0.4 is 0 Å². The normalized spacial score (nSPS) is 24.1. The second kappa shape index (κ2) is 9.94. The van der Waals surface area contributed by atoms with Gasteiger partial charge in [-0.15, -0.1) is 0 Å². The first-order chi connectivity index (χ1) is 16.4. The van der Waals surface area contributed by atoms with E-state index >= 15 is 0 Å². The van der Waals surface area contributed by atoms with Gasteiger partial charge in [0, 0.05) is 47.8 Å². The largest absolute Gasteiger partial charge is 0.458 e. The fourth-order valence-corrected chi connectivity index (χ4v) is 6.07. The van der Waals surface area contributed by atoms with E-state index in [1.54, 1.807) is 6.08 Å². The number of benzene rings is 1. The van der Waals surface area contributed by atoms with Crippen LogP contribution in [0.25, 0.3) is 6.08 Å². The number of hydrogen-bond acceptors (Lipinski definition) is 6. The molecule has 200 valence electrons. The fourth-order valence-electron chi connectivity index (χ4n) is 6.07. The van der Waals surface area contributed by atoms with Crippen LogP contribution >= 0.6 is 0 Å². The van der Waals surface area contributed by atoms with Crippen LogP contribution in [0.5, 0.6) is 0 Å². The van der Waals surface area contributed by atoms with Crippen molar-refractivity contribution in [1.82, 2.24) is 9.80 Å². The van der Waals surface area contributed by atoms with E-state index in [2.05, 4.69) is 79.3 Å². The van der Waals surface area contributed by atoms with Gasteiger partial charge in [0.25, 0.3) is 0 Å². The Morgan fingerprint density at radius 1 is 0.694 bits per heavy atom. The lowest BCUT2D eigenvalue weighted by Crippen LogP contribution is -2.60. The van der Waals surface area contributed by atoms with E-state index in [1.165, 1.54) is 0 Å². The maximum atomic E-state index is 13.5. The van der Waals surface area contributed by atoms with Crippen molar-refractivity contribution in [2.75, 3.05) is 14.1 Å². The van der Waals surface area contributed by atoms with Crippen LogP contribution in [-0.4, -0.2) is 70.2 Å². The van der Waals surface area contributed by atoms with Crippen LogP contribution in [0, 0.1) is 0 Å². The Balaban J connectivity index is 1.84. The highest BCUT2D eigenvalue weighted by Crippen LogP contribution is 2.40. The highest BCUT2D eigenvalue weighted by atomic mass is 16.6. The van der Waals surface area contributed by atoms with E-state index in [9.17, 15) is 9.59 Å². The Bertz CT molecular complexity index is 899. The topological polar surface area (TPSA) is 59.1 Å². The van der Waals surface area contributed by atoms with Crippen LogP contribution in [0.15, 0.2) is 35.9 Å². The van der Waals surface area contributed by atoms with Crippen molar-refractivity contribution >= 4 is 18.0 Å². The second-order valence-corrected chi connectivity index (χ2v) is 13.2. The van der Waals surface area contributed by atoms with Gasteiger partial charge >= 0.3 is 11.9 Å². The minimum Gasteiger partial charge on any atom is -0.458 e. The van der Waals surface area contributed by atoms with E-state index in [1.807, 2.05) is 30.3 Å². The first-order valence-electron chi connectivity index (χ1n) is 13.1. The molecule has 0 atom stereocenters. The summed E-state index contributed by atoms with van der Waals surface area (Å²) in [5.74, 6) is -1.23. The van der Waals surface area contributed by atoms with Gasteiger partial charge in [-0.1, -0.05) is 30.3 Å². The van der Waals surface area contributed by atoms with E-state index in [-0.39, 0.29) is 39.9 Å². The molecular weight excluding hydrogens is 452 g/mol. The van der Waals surface area contributed by atoms with Gasteiger partial charge in [0.05, 0.1) is 0 Å². The summed E-state index contributed by atoms with van der Waals surface area (Å²) >= 11 is 0. The number of piperidine rings is 2. The lowest BCUT2D eigenvalue weighted by atomic mass is 9.78. The molecule has 6 heteroatoms. The number of likely N-dealkylation sites (tertiary alicyclic amines) is 2. The van der Waals surface area contributed by atoms with Crippen molar-refractivity contribution in [3.63, 3.8) is 0 Å². The van der Waals surface area contributed by atoms with Crippen LogP contribution in [0.3, 0.4) is 0 Å². The number of nitrogens with zero attached hydrogens (tertiary/aromatic N) is 2. The summed E-state index contributed by atoms with van der Waals surface area (Å²) < 4.78 is 12.0. The lowest BCUT2D eigenvalue weighted by Gasteiger charge is -2.53. The van der Waals surface area contributed by atoms with Crippen LogP contribution in [0.1, 0.15) is 86.6 Å². The molecule has 0 N–H and O–H groups in total. The smallest absolute Gasteiger partial charge is 0.345 e. The molecular formula is C30H46N2O4. The number of ether oxygens (including phenoxy) is 2. The number of hydrogen-bond donors (Lipinski definition) is 0. The first kappa shape index (κ1) is 28.4. The molecule has 2 heterocycles. The average molecular weight is 499 g/mol. The van der Waals surface area contributed by atoms with Gasteiger partial charge in [-0.25, -0.2) is 9.59 Å². The SMILES string of the molecule is CN1C(C)(C)CC(OC(=O)C(=Cc2ccccc2)C(=O)OC2CC(C)(C)N(C)C(C)(C)C2)CC1(C)C. The zero-order valence-corrected chi connectivity index (χ0v) is 24.0. The van der Waals surface area contributed by atoms with Gasteiger partial charge in [0.15, 0.2) is 0 Å². The molecule has 0 radical (unpaired) electrons. The summed E-state index contributed by atoms with van der Waals surface area (Å²) in [4.78, 5) is 31.7. The van der Waals surface area contributed by atoms with E-state index < -0.39 is 11.9 Å². The first-order valence-corrected chi connectivity index (χ1v) is 13.1. The molecule has 2 aliphatic heterocycles. The average Bonchev–Trinajstić information content (AvgIpc) is 2.73. The lowest BCUT2D eigenvalue weighted by molar-refractivity contribution is -0.162. The molecule has 0 amide bonds. The van der Waals surface area contributed by atoms with Gasteiger partial charge in [0.1, 0.15) is 17.8 Å². The van der Waals surface area contributed by atoms with Crippen LogP contribution in [0.2, 0.25) is 0 Å². The molecule has 2 aliphatic rings. The minimum atomic E-state index is -0.614. The molecule has 2 fully saturated rings. The summed E-state index contributed by atoms with van der Waals surface area (Å²) in [6.07, 6.45) is 3.82. The Hall–Kier alpha value is -2.18. The van der Waals surface area contributed by atoms with Gasteiger partial charge < -0.3 is 9.47 Å². The third-order valence-electron chi connectivity index (χ3n) is 8.64. The van der Waals surface area contributed by atoms with Crippen molar-refractivity contribution in [2.24, 2.45) is 0 Å². The summed E-state index contributed by atoms with van der Waals surface area (Å²) in [5, 5.41) is 0.